The number of carbonyl (C=O) groups excluding carboxylic acids is 3. The van der Waals surface area contributed by atoms with Gasteiger partial charge in [0, 0.05) is 41.2 Å². The third kappa shape index (κ3) is 4.68. The Morgan fingerprint density at radius 2 is 1.84 bits per heavy atom. The van der Waals surface area contributed by atoms with Gasteiger partial charge in [0.1, 0.15) is 10.8 Å². The van der Waals surface area contributed by atoms with Gasteiger partial charge in [0.2, 0.25) is 11.8 Å². The number of pyridine rings is 2. The normalized spacial score (nSPS) is 25.0. The number of carbonyl (C=O) groups is 3. The molecule has 1 N–H and O–H groups in total. The SMILES string of the molecule is Cc1cc(Cl)nc(-c2ccnc3cc(CN4C(=O)C5C(C4=O)C5(C)C)sc23)c1NC1CC2(C1)CN(C(=O)OC(C)(C)C)C2. The molecule has 9 nitrogen and oxygen atoms in total. The Morgan fingerprint density at radius 1 is 1.16 bits per heavy atom. The molecule has 2 aliphatic heterocycles. The molecular formula is C32H36ClN5O4S. The van der Waals surface area contributed by atoms with Crippen molar-refractivity contribution < 1.29 is 19.1 Å². The minimum atomic E-state index is -0.499. The summed E-state index contributed by atoms with van der Waals surface area (Å²) in [6.45, 7) is 13.4. The standard InChI is InChI=1S/C32H36ClN5O4S/c1-16-9-21(33)36-25(24(16)35-17-11-32(12-17)14-37(15-32)29(41)42-30(2,3)4)19-7-8-34-20-10-18(43-26(19)20)13-38-27(39)22-23(28(38)40)31(22,5)6/h7-10,17,22-23,35H,11-15H2,1-6H3. The zero-order valence-corrected chi connectivity index (χ0v) is 26.9. The first-order valence-corrected chi connectivity index (χ1v) is 16.0. The second-order valence-corrected chi connectivity index (χ2v) is 15.9. The number of rotatable bonds is 5. The van der Waals surface area contributed by atoms with Crippen molar-refractivity contribution in [1.29, 1.82) is 0 Å². The molecule has 1 spiro atoms. The Bertz CT molecular complexity index is 1670. The van der Waals surface area contributed by atoms with Crippen LogP contribution in [-0.4, -0.2) is 62.4 Å². The first-order chi connectivity index (χ1) is 20.2. The lowest BCUT2D eigenvalue weighted by Crippen LogP contribution is -2.66. The second-order valence-electron chi connectivity index (χ2n) is 14.4. The number of amides is 3. The zero-order valence-electron chi connectivity index (χ0n) is 25.3. The summed E-state index contributed by atoms with van der Waals surface area (Å²) < 4.78 is 6.47. The van der Waals surface area contributed by atoms with E-state index in [2.05, 4.69) is 10.3 Å². The summed E-state index contributed by atoms with van der Waals surface area (Å²) in [7, 11) is 0. The number of hydrogen-bond donors (Lipinski definition) is 1. The van der Waals surface area contributed by atoms with Crippen LogP contribution >= 0.6 is 22.9 Å². The van der Waals surface area contributed by atoms with Crippen LogP contribution in [0, 0.1) is 29.6 Å². The molecule has 2 saturated carbocycles. The van der Waals surface area contributed by atoms with E-state index >= 15 is 0 Å². The summed E-state index contributed by atoms with van der Waals surface area (Å²) in [6, 6.07) is 6.03. The largest absolute Gasteiger partial charge is 0.444 e. The van der Waals surface area contributed by atoms with Gasteiger partial charge in [0.15, 0.2) is 0 Å². The number of anilines is 1. The number of hydrogen-bond acceptors (Lipinski definition) is 8. The lowest BCUT2D eigenvalue weighted by atomic mass is 9.60. The predicted octanol–water partition coefficient (Wildman–Crippen LogP) is 6.27. The van der Waals surface area contributed by atoms with Crippen molar-refractivity contribution in [3.05, 3.63) is 40.0 Å². The van der Waals surface area contributed by atoms with Crippen LogP contribution in [-0.2, 0) is 20.9 Å². The van der Waals surface area contributed by atoms with Gasteiger partial charge in [0.05, 0.1) is 40.0 Å². The highest BCUT2D eigenvalue weighted by Crippen LogP contribution is 2.63. The number of aryl methyl sites for hydroxylation is 1. The molecule has 3 aromatic heterocycles. The van der Waals surface area contributed by atoms with Crippen LogP contribution in [0.2, 0.25) is 5.15 Å². The molecule has 3 amide bonds. The molecule has 2 atom stereocenters. The quantitative estimate of drug-likeness (QED) is 0.264. The summed E-state index contributed by atoms with van der Waals surface area (Å²) in [6.07, 6.45) is 3.43. The Morgan fingerprint density at radius 3 is 2.49 bits per heavy atom. The molecule has 11 heteroatoms. The van der Waals surface area contributed by atoms with Crippen molar-refractivity contribution in [2.45, 2.75) is 72.6 Å². The number of thiophene rings is 1. The van der Waals surface area contributed by atoms with E-state index in [-0.39, 0.29) is 53.2 Å². The molecule has 2 aliphatic carbocycles. The summed E-state index contributed by atoms with van der Waals surface area (Å²) in [5.74, 6) is -0.519. The first kappa shape index (κ1) is 28.5. The number of halogens is 1. The minimum Gasteiger partial charge on any atom is -0.444 e. The Balaban J connectivity index is 1.09. The predicted molar refractivity (Wildman–Crippen MR) is 166 cm³/mol. The van der Waals surface area contributed by atoms with E-state index in [4.69, 9.17) is 21.3 Å². The van der Waals surface area contributed by atoms with Gasteiger partial charge in [-0.05, 0) is 69.7 Å². The molecule has 0 aromatic carbocycles. The molecule has 0 bridgehead atoms. The van der Waals surface area contributed by atoms with Crippen LogP contribution < -0.4 is 5.32 Å². The third-order valence-corrected chi connectivity index (χ3v) is 10.9. The average Bonchev–Trinajstić information content (AvgIpc) is 3.10. The van der Waals surface area contributed by atoms with Crippen molar-refractivity contribution in [3.63, 3.8) is 0 Å². The first-order valence-electron chi connectivity index (χ1n) is 14.8. The number of fused-ring (bicyclic) bond motifs is 2. The Labute approximate surface area is 259 Å². The average molecular weight is 622 g/mol. The van der Waals surface area contributed by atoms with Crippen LogP contribution in [0.15, 0.2) is 24.4 Å². The van der Waals surface area contributed by atoms with Crippen LogP contribution in [0.1, 0.15) is 57.9 Å². The lowest BCUT2D eigenvalue weighted by molar-refractivity contribution is -0.143. The van der Waals surface area contributed by atoms with E-state index < -0.39 is 5.60 Å². The molecule has 5 heterocycles. The maximum absolute atomic E-state index is 13.0. The van der Waals surface area contributed by atoms with E-state index in [0.29, 0.717) is 5.15 Å². The maximum atomic E-state index is 13.0. The van der Waals surface area contributed by atoms with Crippen molar-refractivity contribution in [2.24, 2.45) is 22.7 Å². The van der Waals surface area contributed by atoms with Crippen molar-refractivity contribution in [3.8, 4) is 11.3 Å². The highest BCUT2D eigenvalue weighted by Gasteiger charge is 2.72. The Kier molecular flexibility index (Phi) is 6.22. The molecule has 7 rings (SSSR count). The molecule has 226 valence electrons. The van der Waals surface area contributed by atoms with Gasteiger partial charge in [-0.1, -0.05) is 25.4 Å². The topological polar surface area (TPSA) is 105 Å². The fourth-order valence-corrected chi connectivity index (χ4v) is 8.71. The second kappa shape index (κ2) is 9.38. The highest BCUT2D eigenvalue weighted by molar-refractivity contribution is 7.19. The van der Waals surface area contributed by atoms with Crippen LogP contribution in [0.5, 0.6) is 0 Å². The molecule has 0 radical (unpaired) electrons. The third-order valence-electron chi connectivity index (χ3n) is 9.52. The molecule has 2 unspecified atom stereocenters. The van der Waals surface area contributed by atoms with E-state index in [1.807, 2.05) is 59.7 Å². The van der Waals surface area contributed by atoms with Crippen molar-refractivity contribution >= 4 is 56.7 Å². The van der Waals surface area contributed by atoms with Gasteiger partial charge in [-0.3, -0.25) is 19.5 Å². The number of nitrogens with one attached hydrogen (secondary N) is 1. The lowest BCUT2D eigenvalue weighted by Gasteiger charge is -2.58. The number of ether oxygens (including phenoxy) is 1. The van der Waals surface area contributed by atoms with Crippen LogP contribution in [0.4, 0.5) is 10.5 Å². The Hall–Kier alpha value is -3.24. The molecular weight excluding hydrogens is 586 g/mol. The molecule has 43 heavy (non-hydrogen) atoms. The summed E-state index contributed by atoms with van der Waals surface area (Å²) >= 11 is 8.02. The molecule has 3 aromatic rings. The summed E-state index contributed by atoms with van der Waals surface area (Å²) in [5.41, 5.74) is 3.80. The maximum Gasteiger partial charge on any atom is 0.410 e. The fraction of sp³-hybridized carbons (Fsp3) is 0.531. The van der Waals surface area contributed by atoms with Crippen LogP contribution in [0.3, 0.4) is 0 Å². The number of imide groups is 1. The van der Waals surface area contributed by atoms with E-state index in [1.165, 1.54) is 16.2 Å². The monoisotopic (exact) mass is 621 g/mol. The molecule has 4 fully saturated rings. The van der Waals surface area contributed by atoms with Gasteiger partial charge in [-0.15, -0.1) is 11.3 Å². The van der Waals surface area contributed by atoms with E-state index in [1.54, 1.807) is 11.1 Å². The van der Waals surface area contributed by atoms with Crippen molar-refractivity contribution in [2.75, 3.05) is 18.4 Å². The van der Waals surface area contributed by atoms with Crippen LogP contribution in [0.25, 0.3) is 21.5 Å². The highest BCUT2D eigenvalue weighted by atomic mass is 35.5. The number of nitrogens with zero attached hydrogens (tertiary/aromatic N) is 4. The minimum absolute atomic E-state index is 0.0665. The van der Waals surface area contributed by atoms with E-state index in [9.17, 15) is 14.4 Å². The number of likely N-dealkylation sites (tertiary alicyclic amines) is 2. The summed E-state index contributed by atoms with van der Waals surface area (Å²) in [4.78, 5) is 51.8. The van der Waals surface area contributed by atoms with Gasteiger partial charge in [-0.25, -0.2) is 9.78 Å². The molecule has 2 saturated heterocycles. The van der Waals surface area contributed by atoms with Gasteiger partial charge < -0.3 is 15.0 Å². The smallest absolute Gasteiger partial charge is 0.410 e. The van der Waals surface area contributed by atoms with Gasteiger partial charge in [-0.2, -0.15) is 0 Å². The fourth-order valence-electron chi connectivity index (χ4n) is 7.35. The van der Waals surface area contributed by atoms with Crippen molar-refractivity contribution in [1.82, 2.24) is 19.8 Å². The van der Waals surface area contributed by atoms with E-state index in [0.717, 1.165) is 63.5 Å². The number of aromatic nitrogens is 2. The zero-order chi connectivity index (χ0) is 30.6. The van der Waals surface area contributed by atoms with Gasteiger partial charge >= 0.3 is 6.09 Å². The number of piperidine rings is 1. The van der Waals surface area contributed by atoms with Gasteiger partial charge in [0.25, 0.3) is 0 Å². The molecule has 4 aliphatic rings. The summed E-state index contributed by atoms with van der Waals surface area (Å²) in [5, 5.41) is 4.15.